The number of hydrogen-bond donors (Lipinski definition) is 11. The quantitative estimate of drug-likeness (QED) is 0.0490. The molecule has 0 aromatic heterocycles. The van der Waals surface area contributed by atoms with Crippen molar-refractivity contribution in [2.24, 2.45) is 50.2 Å². The molecule has 2 amide bonds. The van der Waals surface area contributed by atoms with E-state index in [1.807, 2.05) is 26.0 Å². The number of esters is 1. The first-order valence-corrected chi connectivity index (χ1v) is 29.9. The maximum absolute atomic E-state index is 15.7. The van der Waals surface area contributed by atoms with Gasteiger partial charge in [-0.2, -0.15) is 0 Å². The molecule has 0 radical (unpaired) electrons. The van der Waals surface area contributed by atoms with Crippen molar-refractivity contribution in [2.45, 2.75) is 237 Å². The van der Waals surface area contributed by atoms with Crippen molar-refractivity contribution in [1.29, 1.82) is 0 Å². The monoisotopic (exact) mass is 1160 g/mol. The molecule has 3 heterocycles. The molecule has 11 N–H and O–H groups in total. The molecule has 4 saturated carbocycles. The van der Waals surface area contributed by atoms with Crippen LogP contribution in [0.25, 0.3) is 0 Å². The number of fused-ring (bicyclic) bond motifs is 5. The third-order valence-corrected chi connectivity index (χ3v) is 22.0. The molecule has 82 heavy (non-hydrogen) atoms. The van der Waals surface area contributed by atoms with Gasteiger partial charge in [0.2, 0.25) is 12.2 Å². The molecule has 3 aliphatic heterocycles. The van der Waals surface area contributed by atoms with Crippen LogP contribution in [-0.4, -0.2) is 188 Å². The summed E-state index contributed by atoms with van der Waals surface area (Å²) >= 11 is 0. The first-order valence-electron chi connectivity index (χ1n) is 29.9. The lowest BCUT2D eigenvalue weighted by molar-refractivity contribution is -0.370. The van der Waals surface area contributed by atoms with Crippen LogP contribution >= 0.6 is 0 Å². The van der Waals surface area contributed by atoms with Gasteiger partial charge in [0.25, 0.3) is 5.91 Å². The van der Waals surface area contributed by atoms with E-state index in [-0.39, 0.29) is 53.3 Å². The second-order valence-electron chi connectivity index (χ2n) is 27.2. The molecular weight excluding hydrogens is 1060 g/mol. The smallest absolute Gasteiger partial charge is 0.317 e. The number of unbranched alkanes of at least 4 members (excludes halogenated alkanes) is 2. The van der Waals surface area contributed by atoms with Gasteiger partial charge in [0, 0.05) is 18.5 Å². The van der Waals surface area contributed by atoms with Crippen LogP contribution in [0, 0.1) is 57.2 Å². The van der Waals surface area contributed by atoms with E-state index in [1.165, 1.54) is 6.92 Å². The molecule has 14 unspecified atom stereocenters. The van der Waals surface area contributed by atoms with E-state index >= 15 is 4.79 Å². The van der Waals surface area contributed by atoms with E-state index in [0.29, 0.717) is 63.5 Å². The van der Waals surface area contributed by atoms with Gasteiger partial charge < -0.3 is 89.8 Å². The summed E-state index contributed by atoms with van der Waals surface area (Å²) in [5, 5.41) is 107. The Kier molecular flexibility index (Phi) is 18.4. The number of rotatable bonds is 16. The molecule has 7 fully saturated rings. The summed E-state index contributed by atoms with van der Waals surface area (Å²) in [5.41, 5.74) is -1.31. The zero-order valence-electron chi connectivity index (χ0n) is 48.9. The topological polar surface area (TPSA) is 330 Å². The highest BCUT2D eigenvalue weighted by atomic mass is 16.8. The summed E-state index contributed by atoms with van der Waals surface area (Å²) < 4.78 is 36.5. The SMILES string of the molecule is Cc1ccc(C(=O)NCCCCCC(=O)NC2C(O)C(O[C@@H]3O[C@H](C)C(O[C@@H]4OC[C@@H](O)C(O)C4O)C(O)C3O)[C@H](OC(=O)C34CCC(C)(C)CC3C3=CC[C@@]5(CC[C@H]6C(C)(C=O)C(O)CCC6(C)C5C)[C@]3(C)C[C@H]4O)O[C@@H]2CO)cc1. The molecule has 0 bridgehead atoms. The first-order chi connectivity index (χ1) is 38.6. The summed E-state index contributed by atoms with van der Waals surface area (Å²) in [6.07, 6.45) is -13.7. The van der Waals surface area contributed by atoms with Gasteiger partial charge in [-0.1, -0.05) is 77.3 Å². The van der Waals surface area contributed by atoms with Crippen molar-refractivity contribution in [2.75, 3.05) is 19.8 Å². The number of ether oxygens (including phenoxy) is 6. The summed E-state index contributed by atoms with van der Waals surface area (Å²) in [4.78, 5) is 54.8. The predicted molar refractivity (Wildman–Crippen MR) is 292 cm³/mol. The summed E-state index contributed by atoms with van der Waals surface area (Å²) in [7, 11) is 0. The van der Waals surface area contributed by atoms with Crippen LogP contribution in [0.15, 0.2) is 35.9 Å². The lowest BCUT2D eigenvalue weighted by Gasteiger charge is -2.68. The largest absolute Gasteiger partial charge is 0.432 e. The third-order valence-electron chi connectivity index (χ3n) is 22.0. The number of aryl methyl sites for hydroxylation is 1. The molecule has 21 heteroatoms. The van der Waals surface area contributed by atoms with Gasteiger partial charge in [-0.3, -0.25) is 14.4 Å². The third kappa shape index (κ3) is 10.9. The fraction of sp³-hybridized carbons (Fsp3) is 0.803. The Morgan fingerprint density at radius 2 is 1.45 bits per heavy atom. The van der Waals surface area contributed by atoms with Crippen molar-refractivity contribution < 1.29 is 93.6 Å². The Labute approximate surface area is 480 Å². The second-order valence-corrected chi connectivity index (χ2v) is 27.2. The van der Waals surface area contributed by atoms with Crippen LogP contribution in [0.5, 0.6) is 0 Å². The van der Waals surface area contributed by atoms with Crippen molar-refractivity contribution >= 4 is 24.1 Å². The van der Waals surface area contributed by atoms with Crippen LogP contribution in [0.3, 0.4) is 0 Å². The Morgan fingerprint density at radius 1 is 0.756 bits per heavy atom. The highest BCUT2D eigenvalue weighted by Gasteiger charge is 2.73. The van der Waals surface area contributed by atoms with Crippen LogP contribution in [-0.2, 0) is 42.8 Å². The van der Waals surface area contributed by atoms with Gasteiger partial charge >= 0.3 is 5.97 Å². The van der Waals surface area contributed by atoms with E-state index < -0.39 is 145 Å². The average Bonchev–Trinajstić information content (AvgIpc) is 2.60. The number of hydrogen-bond acceptors (Lipinski definition) is 19. The summed E-state index contributed by atoms with van der Waals surface area (Å²) in [6, 6.07) is 5.80. The lowest BCUT2D eigenvalue weighted by Crippen LogP contribution is -2.69. The number of aliphatic hydroxyl groups is 9. The molecule has 1 aromatic rings. The number of carbonyl (C=O) groups excluding carboxylic acids is 4. The Bertz CT molecular complexity index is 2500. The fourth-order valence-electron chi connectivity index (χ4n) is 16.7. The minimum Gasteiger partial charge on any atom is -0.432 e. The lowest BCUT2D eigenvalue weighted by atomic mass is 9.36. The first kappa shape index (κ1) is 63.0. The minimum absolute atomic E-state index is 0.0177. The molecule has 460 valence electrons. The van der Waals surface area contributed by atoms with Gasteiger partial charge in [0.15, 0.2) is 18.7 Å². The molecular formula is C61H92N2O19. The van der Waals surface area contributed by atoms with E-state index in [1.54, 1.807) is 12.1 Å². The number of benzene rings is 1. The minimum atomic E-state index is -1.96. The number of allylic oxidation sites excluding steroid dienone is 2. The Hall–Kier alpha value is -3.52. The average molecular weight is 1160 g/mol. The van der Waals surface area contributed by atoms with Crippen molar-refractivity contribution in [3.8, 4) is 0 Å². The zero-order chi connectivity index (χ0) is 59.6. The van der Waals surface area contributed by atoms with Crippen molar-refractivity contribution in [3.05, 3.63) is 47.0 Å². The molecule has 1 aromatic carbocycles. The van der Waals surface area contributed by atoms with Crippen LogP contribution in [0.2, 0.25) is 0 Å². The zero-order valence-corrected chi connectivity index (χ0v) is 48.9. The summed E-state index contributed by atoms with van der Waals surface area (Å²) in [6.45, 7) is 15.5. The summed E-state index contributed by atoms with van der Waals surface area (Å²) in [5.74, 6) is -2.08. The normalized spacial score (nSPS) is 46.1. The standard InChI is InChI=1S/C61H92N2O19/c1-31-13-15-34(16-14-31)51(75)62-25-11-9-10-12-42(69)63-43-38(28-64)79-54(50(45(43)71)81-53-48(74)46(72)49(32(2)78-53)80-52-47(73)44(70)37(66)29-77-52)82-55(76)61-24-23-56(4,5)26-36(61)35-17-21-60(59(35,8)27-41(61)68)22-18-39-57(6,33(60)3)20-19-40(67)58(39,7)30-65/h13-17,30,32-33,36-41,43-50,52-54,64,66-68,70-74H,9-12,18-29H2,1-8H3,(H,62,75)(H,63,69)/t32-,33?,36?,37-,38-,39-,40?,41-,43?,44?,45?,46?,47?,48?,49?,50?,52+,53+,54+,57?,58?,59-,60+,61?/m1/s1. The molecule has 21 nitrogen and oxygen atoms in total. The molecule has 5 aliphatic carbocycles. The van der Waals surface area contributed by atoms with E-state index in [0.717, 1.165) is 30.3 Å². The van der Waals surface area contributed by atoms with E-state index in [9.17, 15) is 60.3 Å². The highest BCUT2D eigenvalue weighted by molar-refractivity contribution is 5.94. The molecule has 9 rings (SSSR count). The predicted octanol–water partition coefficient (Wildman–Crippen LogP) is 2.38. The van der Waals surface area contributed by atoms with Crippen molar-refractivity contribution in [3.63, 3.8) is 0 Å². The molecule has 3 saturated heterocycles. The Balaban J connectivity index is 0.953. The number of carbonyl (C=O) groups is 4. The number of nitrogens with one attached hydrogen (secondary N) is 2. The van der Waals surface area contributed by atoms with Gasteiger partial charge in [0.1, 0.15) is 60.5 Å². The van der Waals surface area contributed by atoms with E-state index in [2.05, 4.69) is 51.3 Å². The number of aliphatic hydroxyl groups excluding tert-OH is 9. The van der Waals surface area contributed by atoms with Gasteiger partial charge in [-0.15, -0.1) is 0 Å². The van der Waals surface area contributed by atoms with Crippen LogP contribution in [0.4, 0.5) is 0 Å². The van der Waals surface area contributed by atoms with Crippen LogP contribution in [0.1, 0.15) is 148 Å². The van der Waals surface area contributed by atoms with Crippen LogP contribution < -0.4 is 10.6 Å². The fourth-order valence-corrected chi connectivity index (χ4v) is 16.7. The maximum atomic E-state index is 15.7. The highest BCUT2D eigenvalue weighted by Crippen LogP contribution is 2.76. The number of amides is 2. The Morgan fingerprint density at radius 3 is 2.15 bits per heavy atom. The molecule has 8 aliphatic rings. The molecule has 1 spiro atoms. The van der Waals surface area contributed by atoms with Gasteiger partial charge in [-0.25, -0.2) is 0 Å². The molecule has 24 atom stereocenters. The van der Waals surface area contributed by atoms with E-state index in [4.69, 9.17) is 28.4 Å². The second kappa shape index (κ2) is 24.0. The maximum Gasteiger partial charge on any atom is 0.317 e. The van der Waals surface area contributed by atoms with Crippen molar-refractivity contribution in [1.82, 2.24) is 10.6 Å². The van der Waals surface area contributed by atoms with Gasteiger partial charge in [-0.05, 0) is 136 Å². The number of aldehydes is 1. The van der Waals surface area contributed by atoms with Gasteiger partial charge in [0.05, 0.1) is 43.0 Å².